The molecule has 0 saturated carbocycles. The highest BCUT2D eigenvalue weighted by Crippen LogP contribution is 2.23. The zero-order valence-corrected chi connectivity index (χ0v) is 17.9. The Morgan fingerprint density at radius 2 is 2.14 bits per heavy atom. The maximum atomic E-state index is 14.4. The molecule has 0 aliphatic carbocycles. The van der Waals surface area contributed by atoms with Crippen molar-refractivity contribution in [2.45, 2.75) is 26.3 Å². The molecule has 1 unspecified atom stereocenters. The largest absolute Gasteiger partial charge is 0.380 e. The number of piperidine rings is 1. The first kappa shape index (κ1) is 22.0. The van der Waals surface area contributed by atoms with E-state index in [1.165, 1.54) is 14.9 Å². The number of hydrogen-bond acceptors (Lipinski definition) is 5. The van der Waals surface area contributed by atoms with Crippen LogP contribution < -0.4 is 4.80 Å². The quantitative estimate of drug-likeness (QED) is 0.636. The van der Waals surface area contributed by atoms with Crippen molar-refractivity contribution in [2.24, 2.45) is 10.9 Å². The van der Waals surface area contributed by atoms with Crippen LogP contribution in [0.25, 0.3) is 10.2 Å². The number of sulfonamides is 1. The maximum absolute atomic E-state index is 14.4. The van der Waals surface area contributed by atoms with E-state index in [4.69, 9.17) is 4.74 Å². The number of carbonyl (C=O) groups excluding carboxylic acids is 1. The Labute approximate surface area is 171 Å². The summed E-state index contributed by atoms with van der Waals surface area (Å²) in [7, 11) is -3.39. The molecule has 0 bridgehead atoms. The third-order valence-electron chi connectivity index (χ3n) is 4.77. The van der Waals surface area contributed by atoms with Gasteiger partial charge in [-0.25, -0.2) is 21.5 Å². The Kier molecular flexibility index (Phi) is 6.82. The highest BCUT2D eigenvalue weighted by atomic mass is 32.2. The van der Waals surface area contributed by atoms with Crippen LogP contribution >= 0.6 is 11.3 Å². The predicted molar refractivity (Wildman–Crippen MR) is 106 cm³/mol. The van der Waals surface area contributed by atoms with E-state index in [1.54, 1.807) is 0 Å². The molecule has 1 fully saturated rings. The van der Waals surface area contributed by atoms with Crippen molar-refractivity contribution in [3.05, 3.63) is 28.6 Å². The van der Waals surface area contributed by atoms with Crippen LogP contribution in [0, 0.1) is 17.6 Å². The number of ether oxygens (including phenoxy) is 1. The number of rotatable bonds is 6. The van der Waals surface area contributed by atoms with Crippen molar-refractivity contribution < 1.29 is 26.7 Å². The number of hydrogen-bond donors (Lipinski definition) is 0. The lowest BCUT2D eigenvalue weighted by Gasteiger charge is -2.28. The van der Waals surface area contributed by atoms with Crippen LogP contribution in [0.5, 0.6) is 0 Å². The summed E-state index contributed by atoms with van der Waals surface area (Å²) in [5.74, 6) is -2.47. The first-order chi connectivity index (χ1) is 13.7. The summed E-state index contributed by atoms with van der Waals surface area (Å²) in [5, 5.41) is 0. The third-order valence-corrected chi connectivity index (χ3v) is 7.06. The lowest BCUT2D eigenvalue weighted by molar-refractivity contribution is -0.122. The topological polar surface area (TPSA) is 81.0 Å². The van der Waals surface area contributed by atoms with Gasteiger partial charge in [-0.15, -0.1) is 0 Å². The van der Waals surface area contributed by atoms with Gasteiger partial charge in [-0.1, -0.05) is 11.3 Å². The number of fused-ring (bicyclic) bond motifs is 1. The first-order valence-corrected chi connectivity index (χ1v) is 12.0. The normalized spacial score (nSPS) is 19.2. The monoisotopic (exact) mass is 447 g/mol. The van der Waals surface area contributed by atoms with Crippen molar-refractivity contribution in [1.82, 2.24) is 8.87 Å². The standard InChI is InChI=1S/C18H23F2N3O4S2/c1-3-27-8-7-23-16-14(20)9-13(19)10-15(16)28-18(23)21-17(24)12-5-4-6-22(11-12)29(2,25)26/h9-10,12H,3-8,11H2,1-2H3. The first-order valence-electron chi connectivity index (χ1n) is 9.30. The minimum absolute atomic E-state index is 0.0774. The average Bonchev–Trinajstić information content (AvgIpc) is 2.98. The lowest BCUT2D eigenvalue weighted by atomic mass is 9.99. The Bertz CT molecular complexity index is 1080. The van der Waals surface area contributed by atoms with E-state index < -0.39 is 33.5 Å². The second kappa shape index (κ2) is 8.99. The predicted octanol–water partition coefficient (Wildman–Crippen LogP) is 2.12. The zero-order chi connectivity index (χ0) is 21.2. The highest BCUT2D eigenvalue weighted by molar-refractivity contribution is 7.88. The van der Waals surface area contributed by atoms with E-state index in [-0.39, 0.29) is 30.0 Å². The molecule has 1 amide bonds. The molecule has 1 aromatic heterocycles. The number of nitrogens with zero attached hydrogens (tertiary/aromatic N) is 3. The Balaban J connectivity index is 1.98. The molecule has 1 aliphatic heterocycles. The molecule has 29 heavy (non-hydrogen) atoms. The van der Waals surface area contributed by atoms with Crippen molar-refractivity contribution in [1.29, 1.82) is 0 Å². The number of carbonyl (C=O) groups is 1. The molecular weight excluding hydrogens is 424 g/mol. The van der Waals surface area contributed by atoms with Crippen LogP contribution in [0.3, 0.4) is 0 Å². The van der Waals surface area contributed by atoms with Crippen molar-refractivity contribution in [3.63, 3.8) is 0 Å². The van der Waals surface area contributed by atoms with Crippen LogP contribution in [0.1, 0.15) is 19.8 Å². The van der Waals surface area contributed by atoms with E-state index >= 15 is 0 Å². The molecule has 0 N–H and O–H groups in total. The Morgan fingerprint density at radius 3 is 2.83 bits per heavy atom. The minimum Gasteiger partial charge on any atom is -0.380 e. The van der Waals surface area contributed by atoms with Crippen molar-refractivity contribution in [3.8, 4) is 0 Å². The summed E-state index contributed by atoms with van der Waals surface area (Å²) in [6.07, 6.45) is 2.21. The van der Waals surface area contributed by atoms with Gasteiger partial charge < -0.3 is 9.30 Å². The minimum atomic E-state index is -3.39. The molecule has 1 aromatic carbocycles. The van der Waals surface area contributed by atoms with Crippen LogP contribution in [-0.2, 0) is 26.1 Å². The second-order valence-corrected chi connectivity index (χ2v) is 9.87. The molecule has 3 rings (SSSR count). The van der Waals surface area contributed by atoms with Gasteiger partial charge in [0.05, 0.1) is 29.0 Å². The van der Waals surface area contributed by atoms with Gasteiger partial charge in [-0.05, 0) is 25.8 Å². The maximum Gasteiger partial charge on any atom is 0.252 e. The molecule has 7 nitrogen and oxygen atoms in total. The summed E-state index contributed by atoms with van der Waals surface area (Å²) in [6.45, 7) is 3.30. The van der Waals surface area contributed by atoms with Gasteiger partial charge in [0.25, 0.3) is 5.91 Å². The fraction of sp³-hybridized carbons (Fsp3) is 0.556. The molecule has 2 heterocycles. The van der Waals surface area contributed by atoms with Gasteiger partial charge in [-0.2, -0.15) is 4.99 Å². The second-order valence-electron chi connectivity index (χ2n) is 6.88. The summed E-state index contributed by atoms with van der Waals surface area (Å²) in [6, 6.07) is 2.00. The summed E-state index contributed by atoms with van der Waals surface area (Å²) >= 11 is 1.02. The summed E-state index contributed by atoms with van der Waals surface area (Å²) < 4.78 is 60.1. The number of thiazole rings is 1. The van der Waals surface area contributed by atoms with Crippen LogP contribution in [0.15, 0.2) is 17.1 Å². The van der Waals surface area contributed by atoms with Crippen LogP contribution in [0.2, 0.25) is 0 Å². The van der Waals surface area contributed by atoms with Crippen molar-refractivity contribution >= 4 is 37.5 Å². The van der Waals surface area contributed by atoms with Crippen LogP contribution in [-0.4, -0.2) is 55.8 Å². The smallest absolute Gasteiger partial charge is 0.252 e. The molecule has 1 atom stereocenters. The van der Waals surface area contributed by atoms with E-state index in [0.717, 1.165) is 23.7 Å². The molecule has 1 aliphatic rings. The fourth-order valence-corrected chi connectivity index (χ4v) is 5.37. The average molecular weight is 448 g/mol. The highest BCUT2D eigenvalue weighted by Gasteiger charge is 2.30. The SMILES string of the molecule is CCOCCn1c(=NC(=O)C2CCCN(S(C)(=O)=O)C2)sc2cc(F)cc(F)c21. The van der Waals surface area contributed by atoms with Gasteiger partial charge in [0, 0.05) is 32.3 Å². The number of halogens is 2. The Hall–Kier alpha value is -1.69. The zero-order valence-electron chi connectivity index (χ0n) is 16.2. The lowest BCUT2D eigenvalue weighted by Crippen LogP contribution is -2.41. The molecule has 0 spiro atoms. The van der Waals surface area contributed by atoms with Gasteiger partial charge in [-0.3, -0.25) is 4.79 Å². The van der Waals surface area contributed by atoms with Crippen LogP contribution in [0.4, 0.5) is 8.78 Å². The summed E-state index contributed by atoms with van der Waals surface area (Å²) in [5.41, 5.74) is 0.170. The van der Waals surface area contributed by atoms with Gasteiger partial charge >= 0.3 is 0 Å². The fourth-order valence-electron chi connectivity index (χ4n) is 3.35. The molecular formula is C18H23F2N3O4S2. The molecule has 1 saturated heterocycles. The number of aromatic nitrogens is 1. The third kappa shape index (κ3) is 5.08. The van der Waals surface area contributed by atoms with Gasteiger partial charge in [0.1, 0.15) is 5.82 Å². The molecule has 160 valence electrons. The molecule has 11 heteroatoms. The van der Waals surface area contributed by atoms with Crippen molar-refractivity contribution in [2.75, 3.05) is 32.6 Å². The van der Waals surface area contributed by atoms with E-state index in [2.05, 4.69) is 4.99 Å². The van der Waals surface area contributed by atoms with E-state index in [0.29, 0.717) is 30.7 Å². The van der Waals surface area contributed by atoms with Gasteiger partial charge in [0.15, 0.2) is 10.6 Å². The Morgan fingerprint density at radius 1 is 1.38 bits per heavy atom. The number of amides is 1. The molecule has 0 radical (unpaired) electrons. The summed E-state index contributed by atoms with van der Waals surface area (Å²) in [4.78, 5) is 17.2. The van der Waals surface area contributed by atoms with E-state index in [9.17, 15) is 22.0 Å². The number of benzene rings is 1. The molecule has 2 aromatic rings. The van der Waals surface area contributed by atoms with E-state index in [1.807, 2.05) is 6.92 Å². The van der Waals surface area contributed by atoms with Gasteiger partial charge in [0.2, 0.25) is 10.0 Å².